The van der Waals surface area contributed by atoms with E-state index in [1.807, 2.05) is 14.0 Å². The van der Waals surface area contributed by atoms with Crippen LogP contribution in [0.5, 0.6) is 0 Å². The summed E-state index contributed by atoms with van der Waals surface area (Å²) in [5, 5.41) is 8.48. The minimum Gasteiger partial charge on any atom is -0.353 e. The van der Waals surface area contributed by atoms with E-state index >= 15 is 0 Å². The van der Waals surface area contributed by atoms with E-state index in [0.29, 0.717) is 13.0 Å². The van der Waals surface area contributed by atoms with Crippen molar-refractivity contribution in [2.24, 2.45) is 5.92 Å². The third kappa shape index (κ3) is 7.15. The molecule has 5 heteroatoms. The predicted octanol–water partition coefficient (Wildman–Crippen LogP) is 0.797. The third-order valence-electron chi connectivity index (χ3n) is 3.80. The predicted molar refractivity (Wildman–Crippen MR) is 75.7 cm³/mol. The number of likely N-dealkylation sites (N-methyl/N-ethyl adjacent to an activating group) is 1. The van der Waals surface area contributed by atoms with Crippen LogP contribution in [0.2, 0.25) is 0 Å². The Morgan fingerprint density at radius 1 is 1.16 bits per heavy atom. The second-order valence-corrected chi connectivity index (χ2v) is 5.46. The summed E-state index contributed by atoms with van der Waals surface area (Å²) in [6.45, 7) is 2.65. The van der Waals surface area contributed by atoms with E-state index in [2.05, 4.69) is 16.0 Å². The van der Waals surface area contributed by atoms with Crippen molar-refractivity contribution in [2.75, 3.05) is 20.1 Å². The Kier molecular flexibility index (Phi) is 7.48. The van der Waals surface area contributed by atoms with Crippen LogP contribution in [0, 0.1) is 5.92 Å². The van der Waals surface area contributed by atoms with E-state index < -0.39 is 0 Å². The molecule has 0 spiro atoms. The first-order valence-corrected chi connectivity index (χ1v) is 7.32. The van der Waals surface area contributed by atoms with Gasteiger partial charge in [0.25, 0.3) is 0 Å². The second kappa shape index (κ2) is 8.91. The van der Waals surface area contributed by atoms with Crippen molar-refractivity contribution in [1.29, 1.82) is 0 Å². The molecule has 1 fully saturated rings. The van der Waals surface area contributed by atoms with Gasteiger partial charge in [0.15, 0.2) is 0 Å². The molecule has 19 heavy (non-hydrogen) atoms. The van der Waals surface area contributed by atoms with Crippen LogP contribution in [-0.2, 0) is 9.59 Å². The quantitative estimate of drug-likeness (QED) is 0.610. The average molecular weight is 269 g/mol. The molecular formula is C14H27N3O2. The maximum absolute atomic E-state index is 11.6. The van der Waals surface area contributed by atoms with Crippen LogP contribution < -0.4 is 16.0 Å². The zero-order valence-electron chi connectivity index (χ0n) is 12.1. The van der Waals surface area contributed by atoms with Crippen LogP contribution in [0.15, 0.2) is 0 Å². The van der Waals surface area contributed by atoms with Gasteiger partial charge in [0.2, 0.25) is 11.8 Å². The lowest BCUT2D eigenvalue weighted by Crippen LogP contribution is -2.42. The Labute approximate surface area is 115 Å². The fourth-order valence-electron chi connectivity index (χ4n) is 2.33. The van der Waals surface area contributed by atoms with Crippen molar-refractivity contribution in [3.63, 3.8) is 0 Å². The SMILES string of the molecule is CNC(C)CNC(=O)CNC(=O)CCC1CCCC1. The monoisotopic (exact) mass is 269 g/mol. The highest BCUT2D eigenvalue weighted by Crippen LogP contribution is 2.28. The fourth-order valence-corrected chi connectivity index (χ4v) is 2.33. The Morgan fingerprint density at radius 2 is 1.84 bits per heavy atom. The molecule has 0 saturated heterocycles. The smallest absolute Gasteiger partial charge is 0.239 e. The molecule has 110 valence electrons. The van der Waals surface area contributed by atoms with Gasteiger partial charge in [-0.2, -0.15) is 0 Å². The molecule has 1 atom stereocenters. The van der Waals surface area contributed by atoms with Crippen LogP contribution in [0.4, 0.5) is 0 Å². The van der Waals surface area contributed by atoms with Crippen LogP contribution in [0.25, 0.3) is 0 Å². The summed E-state index contributed by atoms with van der Waals surface area (Å²) in [7, 11) is 1.85. The molecule has 0 aliphatic heterocycles. The highest BCUT2D eigenvalue weighted by atomic mass is 16.2. The summed E-state index contributed by atoms with van der Waals surface area (Å²) in [5.74, 6) is 0.580. The largest absolute Gasteiger partial charge is 0.353 e. The number of carbonyl (C=O) groups is 2. The van der Waals surface area contributed by atoms with E-state index in [4.69, 9.17) is 0 Å². The van der Waals surface area contributed by atoms with Crippen LogP contribution in [0.1, 0.15) is 45.4 Å². The number of amides is 2. The Balaban J connectivity index is 2.03. The Morgan fingerprint density at radius 3 is 2.47 bits per heavy atom. The van der Waals surface area contributed by atoms with Gasteiger partial charge in [-0.3, -0.25) is 9.59 Å². The summed E-state index contributed by atoms with van der Waals surface area (Å²) in [6, 6.07) is 0.238. The first kappa shape index (κ1) is 16.0. The minimum atomic E-state index is -0.128. The molecule has 1 unspecified atom stereocenters. The zero-order chi connectivity index (χ0) is 14.1. The summed E-state index contributed by atoms with van der Waals surface area (Å²) in [4.78, 5) is 23.1. The van der Waals surface area contributed by atoms with Gasteiger partial charge in [-0.15, -0.1) is 0 Å². The number of nitrogens with one attached hydrogen (secondary N) is 3. The molecule has 2 amide bonds. The van der Waals surface area contributed by atoms with Gasteiger partial charge >= 0.3 is 0 Å². The molecule has 0 heterocycles. The van der Waals surface area contributed by atoms with Crippen molar-refractivity contribution in [1.82, 2.24) is 16.0 Å². The van der Waals surface area contributed by atoms with E-state index in [1.165, 1.54) is 25.7 Å². The zero-order valence-corrected chi connectivity index (χ0v) is 12.1. The molecule has 1 aliphatic carbocycles. The van der Waals surface area contributed by atoms with E-state index in [-0.39, 0.29) is 24.4 Å². The summed E-state index contributed by atoms with van der Waals surface area (Å²) in [5.41, 5.74) is 0. The number of carbonyl (C=O) groups excluding carboxylic acids is 2. The second-order valence-electron chi connectivity index (χ2n) is 5.46. The van der Waals surface area contributed by atoms with Gasteiger partial charge in [-0.05, 0) is 26.3 Å². The number of hydrogen-bond donors (Lipinski definition) is 3. The molecular weight excluding hydrogens is 242 g/mol. The first-order chi connectivity index (χ1) is 9.11. The third-order valence-corrected chi connectivity index (χ3v) is 3.80. The first-order valence-electron chi connectivity index (χ1n) is 7.32. The number of hydrogen-bond acceptors (Lipinski definition) is 3. The molecule has 3 N–H and O–H groups in total. The van der Waals surface area contributed by atoms with Crippen LogP contribution in [0.3, 0.4) is 0 Å². The molecule has 5 nitrogen and oxygen atoms in total. The lowest BCUT2D eigenvalue weighted by Gasteiger charge is -2.12. The highest BCUT2D eigenvalue weighted by molar-refractivity contribution is 5.84. The van der Waals surface area contributed by atoms with Crippen molar-refractivity contribution in [2.45, 2.75) is 51.5 Å². The fraction of sp³-hybridized carbons (Fsp3) is 0.857. The van der Waals surface area contributed by atoms with E-state index in [9.17, 15) is 9.59 Å². The van der Waals surface area contributed by atoms with Crippen LogP contribution in [-0.4, -0.2) is 38.0 Å². The van der Waals surface area contributed by atoms with Crippen LogP contribution >= 0.6 is 0 Å². The molecule has 1 rings (SSSR count). The molecule has 0 aromatic carbocycles. The molecule has 0 aromatic heterocycles. The highest BCUT2D eigenvalue weighted by Gasteiger charge is 2.16. The van der Waals surface area contributed by atoms with Gasteiger partial charge in [-0.25, -0.2) is 0 Å². The maximum atomic E-state index is 11.6. The van der Waals surface area contributed by atoms with Crippen molar-refractivity contribution in [3.8, 4) is 0 Å². The van der Waals surface area contributed by atoms with Crippen molar-refractivity contribution >= 4 is 11.8 Å². The Hall–Kier alpha value is -1.10. The van der Waals surface area contributed by atoms with E-state index in [0.717, 1.165) is 12.3 Å². The maximum Gasteiger partial charge on any atom is 0.239 e. The van der Waals surface area contributed by atoms with Gasteiger partial charge in [-0.1, -0.05) is 25.7 Å². The average Bonchev–Trinajstić information content (AvgIpc) is 2.93. The van der Waals surface area contributed by atoms with Gasteiger partial charge in [0.1, 0.15) is 0 Å². The lowest BCUT2D eigenvalue weighted by atomic mass is 10.0. The molecule has 1 aliphatic rings. The molecule has 0 aromatic rings. The summed E-state index contributed by atoms with van der Waals surface area (Å²) < 4.78 is 0. The summed E-state index contributed by atoms with van der Waals surface area (Å²) >= 11 is 0. The van der Waals surface area contributed by atoms with Gasteiger partial charge < -0.3 is 16.0 Å². The Bertz CT molecular complexity index is 288. The lowest BCUT2D eigenvalue weighted by molar-refractivity contribution is -0.126. The van der Waals surface area contributed by atoms with Crippen molar-refractivity contribution < 1.29 is 9.59 Å². The molecule has 0 radical (unpaired) electrons. The van der Waals surface area contributed by atoms with E-state index in [1.54, 1.807) is 0 Å². The normalized spacial score (nSPS) is 17.2. The number of rotatable bonds is 8. The topological polar surface area (TPSA) is 70.2 Å². The summed E-state index contributed by atoms with van der Waals surface area (Å²) in [6.07, 6.45) is 6.64. The van der Waals surface area contributed by atoms with Crippen molar-refractivity contribution in [3.05, 3.63) is 0 Å². The minimum absolute atomic E-state index is 0.0104. The van der Waals surface area contributed by atoms with Gasteiger partial charge in [0, 0.05) is 19.0 Å². The van der Waals surface area contributed by atoms with Gasteiger partial charge in [0.05, 0.1) is 6.54 Å². The molecule has 1 saturated carbocycles. The standard InChI is InChI=1S/C14H27N3O2/c1-11(15-2)9-16-14(19)10-17-13(18)8-7-12-5-3-4-6-12/h11-12,15H,3-10H2,1-2H3,(H,16,19)(H,17,18). The molecule has 0 bridgehead atoms.